The highest BCUT2D eigenvalue weighted by Gasteiger charge is 2.36. The number of pyridine rings is 1. The zero-order chi connectivity index (χ0) is 20.6. The SMILES string of the molecule is COc1ccc(S(=O)(=O)N2CC[C@@H](C)C(N(C)c3ccnc4[nH]ccc34)C2)cc1. The standard InChI is InChI=1S/C21H26N4O3S/c1-15-10-13-25(29(26,27)17-6-4-16(28-3)5-7-17)14-20(15)24(2)19-9-12-23-21-18(19)8-11-22-21/h4-9,11-12,15,20H,10,13-14H2,1-3H3,(H,22,23)/t15-,20?/m1/s1. The van der Waals surface area contributed by atoms with Crippen LogP contribution in [0.1, 0.15) is 13.3 Å². The molecule has 1 aromatic carbocycles. The summed E-state index contributed by atoms with van der Waals surface area (Å²) in [5.41, 5.74) is 1.89. The molecule has 1 aliphatic rings. The van der Waals surface area contributed by atoms with Crippen LogP contribution in [0.2, 0.25) is 0 Å². The molecule has 2 atom stereocenters. The summed E-state index contributed by atoms with van der Waals surface area (Å²) in [4.78, 5) is 9.99. The van der Waals surface area contributed by atoms with Crippen molar-refractivity contribution < 1.29 is 13.2 Å². The highest BCUT2D eigenvalue weighted by atomic mass is 32.2. The van der Waals surface area contributed by atoms with E-state index in [1.54, 1.807) is 41.9 Å². The molecule has 0 aliphatic carbocycles. The Hall–Kier alpha value is -2.58. The van der Waals surface area contributed by atoms with Crippen molar-refractivity contribution in [2.75, 3.05) is 32.1 Å². The highest BCUT2D eigenvalue weighted by molar-refractivity contribution is 7.89. The maximum Gasteiger partial charge on any atom is 0.243 e. The van der Waals surface area contributed by atoms with Crippen LogP contribution in [0.4, 0.5) is 5.69 Å². The van der Waals surface area contributed by atoms with Gasteiger partial charge in [-0.3, -0.25) is 0 Å². The second-order valence-electron chi connectivity index (χ2n) is 7.55. The number of fused-ring (bicyclic) bond motifs is 1. The molecule has 1 fully saturated rings. The molecule has 29 heavy (non-hydrogen) atoms. The number of rotatable bonds is 5. The molecule has 0 amide bonds. The first kappa shape index (κ1) is 19.7. The van der Waals surface area contributed by atoms with Crippen LogP contribution in [0.15, 0.2) is 53.7 Å². The summed E-state index contributed by atoms with van der Waals surface area (Å²) in [5, 5.41) is 1.04. The summed E-state index contributed by atoms with van der Waals surface area (Å²) in [5.74, 6) is 1.01. The van der Waals surface area contributed by atoms with Crippen molar-refractivity contribution in [1.82, 2.24) is 14.3 Å². The van der Waals surface area contributed by atoms with Crippen LogP contribution in [0.25, 0.3) is 11.0 Å². The molecule has 2 aromatic heterocycles. The third-order valence-corrected chi connectivity index (χ3v) is 7.77. The Morgan fingerprint density at radius 1 is 1.21 bits per heavy atom. The molecule has 0 radical (unpaired) electrons. The van der Waals surface area contributed by atoms with Gasteiger partial charge >= 0.3 is 0 Å². The van der Waals surface area contributed by atoms with Crippen molar-refractivity contribution in [2.24, 2.45) is 5.92 Å². The summed E-state index contributed by atoms with van der Waals surface area (Å²) in [7, 11) is 0.0420. The number of likely N-dealkylation sites (N-methyl/N-ethyl adjacent to an activating group) is 1. The fourth-order valence-electron chi connectivity index (χ4n) is 4.07. The predicted molar refractivity (Wildman–Crippen MR) is 114 cm³/mol. The first-order valence-corrected chi connectivity index (χ1v) is 11.1. The monoisotopic (exact) mass is 414 g/mol. The van der Waals surface area contributed by atoms with Gasteiger partial charge in [-0.25, -0.2) is 13.4 Å². The van der Waals surface area contributed by atoms with Gasteiger partial charge in [0.05, 0.1) is 12.0 Å². The van der Waals surface area contributed by atoms with Crippen molar-refractivity contribution in [3.63, 3.8) is 0 Å². The van der Waals surface area contributed by atoms with Crippen molar-refractivity contribution in [3.8, 4) is 5.75 Å². The van der Waals surface area contributed by atoms with Crippen LogP contribution in [0.5, 0.6) is 5.75 Å². The largest absolute Gasteiger partial charge is 0.497 e. The van der Waals surface area contributed by atoms with E-state index < -0.39 is 10.0 Å². The van der Waals surface area contributed by atoms with Crippen LogP contribution in [-0.4, -0.2) is 56.0 Å². The summed E-state index contributed by atoms with van der Waals surface area (Å²) >= 11 is 0. The van der Waals surface area contributed by atoms with Crippen molar-refractivity contribution in [1.29, 1.82) is 0 Å². The van der Waals surface area contributed by atoms with Gasteiger partial charge in [0.1, 0.15) is 11.4 Å². The number of benzene rings is 1. The van der Waals surface area contributed by atoms with E-state index in [1.807, 2.05) is 25.4 Å². The van der Waals surface area contributed by atoms with E-state index in [-0.39, 0.29) is 6.04 Å². The second-order valence-corrected chi connectivity index (χ2v) is 9.49. The minimum atomic E-state index is -3.56. The summed E-state index contributed by atoms with van der Waals surface area (Å²) in [6, 6.07) is 10.6. The number of hydrogen-bond donors (Lipinski definition) is 1. The molecule has 0 spiro atoms. The molecular weight excluding hydrogens is 388 g/mol. The number of aromatic amines is 1. The lowest BCUT2D eigenvalue weighted by molar-refractivity contribution is 0.248. The van der Waals surface area contributed by atoms with Gasteiger partial charge in [-0.15, -0.1) is 0 Å². The van der Waals surface area contributed by atoms with E-state index in [4.69, 9.17) is 4.74 Å². The zero-order valence-electron chi connectivity index (χ0n) is 16.9. The van der Waals surface area contributed by atoms with Crippen LogP contribution >= 0.6 is 0 Å². The molecule has 154 valence electrons. The normalized spacial score (nSPS) is 20.7. The number of methoxy groups -OCH3 is 1. The molecule has 1 N–H and O–H groups in total. The highest BCUT2D eigenvalue weighted by Crippen LogP contribution is 2.32. The fraction of sp³-hybridized carbons (Fsp3) is 0.381. The molecule has 1 unspecified atom stereocenters. The smallest absolute Gasteiger partial charge is 0.243 e. The second kappa shape index (κ2) is 7.68. The van der Waals surface area contributed by atoms with Crippen molar-refractivity contribution in [2.45, 2.75) is 24.3 Å². The third kappa shape index (κ3) is 3.58. The number of aromatic nitrogens is 2. The van der Waals surface area contributed by atoms with E-state index in [1.165, 1.54) is 0 Å². The van der Waals surface area contributed by atoms with E-state index >= 15 is 0 Å². The third-order valence-electron chi connectivity index (χ3n) is 5.89. The lowest BCUT2D eigenvalue weighted by atomic mass is 9.93. The Bertz CT molecular complexity index is 1090. The van der Waals surface area contributed by atoms with E-state index in [2.05, 4.69) is 21.8 Å². The summed E-state index contributed by atoms with van der Waals surface area (Å²) in [6.45, 7) is 3.16. The number of H-pyrrole nitrogens is 1. The van der Waals surface area contributed by atoms with Crippen LogP contribution < -0.4 is 9.64 Å². The summed E-state index contributed by atoms with van der Waals surface area (Å²) in [6.07, 6.45) is 4.47. The molecule has 1 saturated heterocycles. The molecule has 4 rings (SSSR count). The van der Waals surface area contributed by atoms with E-state index in [0.717, 1.165) is 23.1 Å². The number of ether oxygens (including phenoxy) is 1. The minimum absolute atomic E-state index is 0.0669. The number of sulfonamides is 1. The van der Waals surface area contributed by atoms with Crippen molar-refractivity contribution >= 4 is 26.7 Å². The lowest BCUT2D eigenvalue weighted by Gasteiger charge is -2.42. The molecule has 3 heterocycles. The fourth-order valence-corrected chi connectivity index (χ4v) is 5.54. The molecule has 0 saturated carbocycles. The van der Waals surface area contributed by atoms with Crippen LogP contribution in [0.3, 0.4) is 0 Å². The molecule has 3 aromatic rings. The molecule has 7 nitrogen and oxygen atoms in total. The Kier molecular flexibility index (Phi) is 5.23. The number of nitrogens with one attached hydrogen (secondary N) is 1. The maximum atomic E-state index is 13.2. The number of anilines is 1. The number of nitrogens with zero attached hydrogens (tertiary/aromatic N) is 3. The average Bonchev–Trinajstić information content (AvgIpc) is 3.22. The van der Waals surface area contributed by atoms with Gasteiger partial charge in [-0.1, -0.05) is 6.92 Å². The van der Waals surface area contributed by atoms with Gasteiger partial charge in [0.25, 0.3) is 0 Å². The quantitative estimate of drug-likeness (QED) is 0.694. The average molecular weight is 415 g/mol. The topological polar surface area (TPSA) is 78.5 Å². The summed E-state index contributed by atoms with van der Waals surface area (Å²) < 4.78 is 33.2. The predicted octanol–water partition coefficient (Wildman–Crippen LogP) is 3.11. The molecule has 8 heteroatoms. The van der Waals surface area contributed by atoms with E-state index in [0.29, 0.717) is 29.7 Å². The zero-order valence-corrected chi connectivity index (χ0v) is 17.7. The van der Waals surface area contributed by atoms with Crippen LogP contribution in [-0.2, 0) is 10.0 Å². The van der Waals surface area contributed by atoms with Gasteiger partial charge in [-0.05, 0) is 48.7 Å². The maximum absolute atomic E-state index is 13.2. The van der Waals surface area contributed by atoms with Crippen LogP contribution in [0, 0.1) is 5.92 Å². The Morgan fingerprint density at radius 3 is 2.69 bits per heavy atom. The first-order chi connectivity index (χ1) is 13.9. The van der Waals surface area contributed by atoms with Crippen molar-refractivity contribution in [3.05, 3.63) is 48.8 Å². The van der Waals surface area contributed by atoms with Gasteiger partial charge in [0.15, 0.2) is 0 Å². The number of piperidine rings is 1. The first-order valence-electron chi connectivity index (χ1n) is 9.71. The molecule has 1 aliphatic heterocycles. The Labute approximate surface area is 171 Å². The van der Waals surface area contributed by atoms with Gasteiger partial charge in [0, 0.05) is 49.6 Å². The lowest BCUT2D eigenvalue weighted by Crippen LogP contribution is -2.52. The van der Waals surface area contributed by atoms with E-state index in [9.17, 15) is 8.42 Å². The molecule has 0 bridgehead atoms. The molecular formula is C21H26N4O3S. The van der Waals surface area contributed by atoms with Gasteiger partial charge in [-0.2, -0.15) is 4.31 Å². The van der Waals surface area contributed by atoms with Gasteiger partial charge < -0.3 is 14.6 Å². The van der Waals surface area contributed by atoms with Gasteiger partial charge in [0.2, 0.25) is 10.0 Å². The number of hydrogen-bond acceptors (Lipinski definition) is 5. The Morgan fingerprint density at radius 2 is 1.97 bits per heavy atom. The Balaban J connectivity index is 1.61. The minimum Gasteiger partial charge on any atom is -0.497 e.